The van der Waals surface area contributed by atoms with E-state index in [-0.39, 0.29) is 6.54 Å². The number of anilines is 1. The Morgan fingerprint density at radius 1 is 1.17 bits per heavy atom. The van der Waals surface area contributed by atoms with Gasteiger partial charge in [-0.3, -0.25) is 9.69 Å². The van der Waals surface area contributed by atoms with Crippen molar-refractivity contribution in [2.45, 2.75) is 25.3 Å². The molecule has 2 aromatic rings. The Bertz CT molecular complexity index is 652. The maximum Gasteiger partial charge on any atom is 0.322 e. The van der Waals surface area contributed by atoms with E-state index >= 15 is 0 Å². The van der Waals surface area contributed by atoms with Gasteiger partial charge in [0, 0.05) is 24.5 Å². The number of aromatic nitrogens is 2. The van der Waals surface area contributed by atoms with E-state index in [0.29, 0.717) is 11.9 Å². The summed E-state index contributed by atoms with van der Waals surface area (Å²) in [5.41, 5.74) is 2.49. The number of likely N-dealkylation sites (tertiary alicyclic amines) is 1. The Balaban J connectivity index is 1.48. The highest BCUT2D eigenvalue weighted by Gasteiger charge is 2.20. The summed E-state index contributed by atoms with van der Waals surface area (Å²) in [4.78, 5) is 21.3. The summed E-state index contributed by atoms with van der Waals surface area (Å²) in [6.07, 6.45) is 5.87. The van der Waals surface area contributed by atoms with Crippen molar-refractivity contribution in [3.8, 4) is 0 Å². The molecular formula is C18H22N4O2. The van der Waals surface area contributed by atoms with Gasteiger partial charge in [0.1, 0.15) is 6.54 Å². The topological polar surface area (TPSA) is 78.3 Å². The van der Waals surface area contributed by atoms with E-state index in [9.17, 15) is 4.79 Å². The molecule has 1 aromatic heterocycles. The quantitative estimate of drug-likeness (QED) is 0.848. The molecule has 3 rings (SSSR count). The van der Waals surface area contributed by atoms with Gasteiger partial charge in [0.2, 0.25) is 5.95 Å². The van der Waals surface area contributed by atoms with E-state index < -0.39 is 5.97 Å². The second kappa shape index (κ2) is 7.88. The molecule has 24 heavy (non-hydrogen) atoms. The fourth-order valence-corrected chi connectivity index (χ4v) is 3.09. The van der Waals surface area contributed by atoms with Crippen LogP contribution >= 0.6 is 0 Å². The van der Waals surface area contributed by atoms with Crippen LogP contribution < -0.4 is 5.32 Å². The zero-order valence-electron chi connectivity index (χ0n) is 13.6. The van der Waals surface area contributed by atoms with Crippen molar-refractivity contribution in [3.05, 3.63) is 53.9 Å². The van der Waals surface area contributed by atoms with Gasteiger partial charge < -0.3 is 10.4 Å². The lowest BCUT2D eigenvalue weighted by molar-refractivity contribution is -0.134. The molecule has 0 unspecified atom stereocenters. The predicted molar refractivity (Wildman–Crippen MR) is 91.9 cm³/mol. The molecule has 0 amide bonds. The van der Waals surface area contributed by atoms with Crippen LogP contribution in [0.3, 0.4) is 0 Å². The van der Waals surface area contributed by atoms with Crippen LogP contribution in [0.2, 0.25) is 0 Å². The van der Waals surface area contributed by atoms with E-state index in [1.54, 1.807) is 12.4 Å². The number of carboxylic acids is 1. The van der Waals surface area contributed by atoms with Crippen molar-refractivity contribution in [1.29, 1.82) is 0 Å². The minimum absolute atomic E-state index is 0.174. The molecule has 1 fully saturated rings. The van der Waals surface area contributed by atoms with Gasteiger partial charge in [0.15, 0.2) is 0 Å². The molecule has 126 valence electrons. The van der Waals surface area contributed by atoms with Crippen LogP contribution in [0.5, 0.6) is 0 Å². The second-order valence-electron chi connectivity index (χ2n) is 6.12. The highest BCUT2D eigenvalue weighted by atomic mass is 16.4. The summed E-state index contributed by atoms with van der Waals surface area (Å²) in [7, 11) is 0. The maximum atomic E-state index is 10.5. The Hall–Kier alpha value is -2.47. The third-order valence-corrected chi connectivity index (χ3v) is 4.37. The molecule has 2 N–H and O–H groups in total. The Morgan fingerprint density at radius 3 is 2.46 bits per heavy atom. The number of rotatable bonds is 6. The Labute approximate surface area is 141 Å². The van der Waals surface area contributed by atoms with E-state index in [1.807, 2.05) is 0 Å². The molecule has 2 heterocycles. The maximum absolute atomic E-state index is 10.5. The SMILES string of the molecule is O=C(O)CNc1ncc(CN2CCC(c3ccccc3)CC2)cn1. The molecule has 0 saturated carbocycles. The Morgan fingerprint density at radius 2 is 1.83 bits per heavy atom. The molecular weight excluding hydrogens is 304 g/mol. The predicted octanol–water partition coefficient (Wildman–Crippen LogP) is 2.35. The van der Waals surface area contributed by atoms with Crippen LogP contribution in [0.4, 0.5) is 5.95 Å². The molecule has 0 spiro atoms. The average Bonchev–Trinajstić information content (AvgIpc) is 2.62. The first-order valence-corrected chi connectivity index (χ1v) is 8.24. The molecule has 0 aliphatic carbocycles. The zero-order chi connectivity index (χ0) is 16.8. The fraction of sp³-hybridized carbons (Fsp3) is 0.389. The number of nitrogens with one attached hydrogen (secondary N) is 1. The molecule has 6 heteroatoms. The van der Waals surface area contributed by atoms with Crippen molar-refractivity contribution in [2.24, 2.45) is 0 Å². The summed E-state index contributed by atoms with van der Waals surface area (Å²) >= 11 is 0. The van der Waals surface area contributed by atoms with Crippen molar-refractivity contribution in [2.75, 3.05) is 25.0 Å². The van der Waals surface area contributed by atoms with E-state index in [4.69, 9.17) is 5.11 Å². The zero-order valence-corrected chi connectivity index (χ0v) is 13.6. The van der Waals surface area contributed by atoms with Crippen molar-refractivity contribution < 1.29 is 9.90 Å². The summed E-state index contributed by atoms with van der Waals surface area (Å²) in [5.74, 6) is 0.0780. The molecule has 1 saturated heterocycles. The summed E-state index contributed by atoms with van der Waals surface area (Å²) in [5, 5.41) is 11.3. The van der Waals surface area contributed by atoms with Gasteiger partial charge in [-0.05, 0) is 37.4 Å². The van der Waals surface area contributed by atoms with Gasteiger partial charge in [-0.1, -0.05) is 30.3 Å². The first-order valence-electron chi connectivity index (χ1n) is 8.24. The van der Waals surface area contributed by atoms with E-state index in [2.05, 4.69) is 50.5 Å². The third-order valence-electron chi connectivity index (χ3n) is 4.37. The smallest absolute Gasteiger partial charge is 0.322 e. The number of carboxylic acid groups (broad SMARTS) is 1. The first-order chi connectivity index (χ1) is 11.7. The van der Waals surface area contributed by atoms with Gasteiger partial charge in [-0.15, -0.1) is 0 Å². The van der Waals surface area contributed by atoms with Crippen LogP contribution in [-0.4, -0.2) is 45.6 Å². The minimum Gasteiger partial charge on any atom is -0.480 e. The summed E-state index contributed by atoms with van der Waals surface area (Å²) in [6, 6.07) is 10.7. The minimum atomic E-state index is -0.927. The number of carbonyl (C=O) groups is 1. The molecule has 1 aromatic carbocycles. The Kier molecular flexibility index (Phi) is 5.38. The summed E-state index contributed by atoms with van der Waals surface area (Å²) < 4.78 is 0. The van der Waals surface area contributed by atoms with Crippen LogP contribution in [-0.2, 0) is 11.3 Å². The second-order valence-corrected chi connectivity index (χ2v) is 6.12. The molecule has 6 nitrogen and oxygen atoms in total. The number of hydrogen-bond donors (Lipinski definition) is 2. The van der Waals surface area contributed by atoms with Crippen molar-refractivity contribution >= 4 is 11.9 Å². The number of aliphatic carboxylic acids is 1. The standard InChI is InChI=1S/C18H22N4O2/c23-17(24)12-21-18-19-10-14(11-20-18)13-22-8-6-16(7-9-22)15-4-2-1-3-5-15/h1-5,10-11,16H,6-9,12-13H2,(H,23,24)(H,19,20,21). The molecule has 1 aliphatic heterocycles. The van der Waals surface area contributed by atoms with Gasteiger partial charge >= 0.3 is 5.97 Å². The number of piperidine rings is 1. The summed E-state index contributed by atoms with van der Waals surface area (Å²) in [6.45, 7) is 2.80. The molecule has 1 aliphatic rings. The average molecular weight is 326 g/mol. The van der Waals surface area contributed by atoms with Crippen molar-refractivity contribution in [1.82, 2.24) is 14.9 Å². The number of nitrogens with zero attached hydrogens (tertiary/aromatic N) is 3. The van der Waals surface area contributed by atoms with E-state index in [1.165, 1.54) is 18.4 Å². The molecule has 0 atom stereocenters. The lowest BCUT2D eigenvalue weighted by Gasteiger charge is -2.32. The molecule has 0 bridgehead atoms. The largest absolute Gasteiger partial charge is 0.480 e. The number of benzene rings is 1. The van der Waals surface area contributed by atoms with Gasteiger partial charge in [-0.2, -0.15) is 0 Å². The number of hydrogen-bond acceptors (Lipinski definition) is 5. The van der Waals surface area contributed by atoms with Crippen LogP contribution in [0.25, 0.3) is 0 Å². The highest BCUT2D eigenvalue weighted by Crippen LogP contribution is 2.28. The molecule has 0 radical (unpaired) electrons. The van der Waals surface area contributed by atoms with Crippen LogP contribution in [0, 0.1) is 0 Å². The van der Waals surface area contributed by atoms with Crippen LogP contribution in [0.1, 0.15) is 29.9 Å². The van der Waals surface area contributed by atoms with Crippen molar-refractivity contribution in [3.63, 3.8) is 0 Å². The van der Waals surface area contributed by atoms with Gasteiger partial charge in [0.05, 0.1) is 0 Å². The van der Waals surface area contributed by atoms with E-state index in [0.717, 1.165) is 25.2 Å². The highest BCUT2D eigenvalue weighted by molar-refractivity contribution is 5.71. The monoisotopic (exact) mass is 326 g/mol. The van der Waals surface area contributed by atoms with Crippen LogP contribution in [0.15, 0.2) is 42.7 Å². The normalized spacial score (nSPS) is 16.0. The lowest BCUT2D eigenvalue weighted by Crippen LogP contribution is -2.32. The third kappa shape index (κ3) is 4.52. The van der Waals surface area contributed by atoms with Gasteiger partial charge in [0.25, 0.3) is 0 Å². The fourth-order valence-electron chi connectivity index (χ4n) is 3.09. The first kappa shape index (κ1) is 16.4. The van der Waals surface area contributed by atoms with Gasteiger partial charge in [-0.25, -0.2) is 9.97 Å². The lowest BCUT2D eigenvalue weighted by atomic mass is 9.89.